The first-order chi connectivity index (χ1) is 8.80. The van der Waals surface area contributed by atoms with Crippen LogP contribution in [0.2, 0.25) is 0 Å². The van der Waals surface area contributed by atoms with Crippen LogP contribution >= 0.6 is 15.9 Å². The summed E-state index contributed by atoms with van der Waals surface area (Å²) in [6, 6.07) is 5.01. The Morgan fingerprint density at radius 3 is 2.68 bits per heavy atom. The first-order valence-electron chi connectivity index (χ1n) is 5.57. The van der Waals surface area contributed by atoms with Crippen LogP contribution in [-0.4, -0.2) is 30.6 Å². The van der Waals surface area contributed by atoms with Gasteiger partial charge in [0.05, 0.1) is 11.4 Å². The highest BCUT2D eigenvalue weighted by Crippen LogP contribution is 2.39. The van der Waals surface area contributed by atoms with E-state index in [0.717, 1.165) is 11.4 Å². The molecule has 0 amide bonds. The molecule has 1 aromatic rings. The number of fused-ring (bicyclic) bond motifs is 1. The number of halogens is 1. The Kier molecular flexibility index (Phi) is 3.97. The molecule has 0 spiro atoms. The summed E-state index contributed by atoms with van der Waals surface area (Å²) >= 11 is 4.36. The number of hydrogen-bond acceptors (Lipinski definition) is 4. The molecule has 0 saturated carbocycles. The molecule has 0 bridgehead atoms. The maximum atomic E-state index is 12.7. The second-order valence-corrected chi connectivity index (χ2v) is 7.83. The van der Waals surface area contributed by atoms with Crippen LogP contribution in [0.25, 0.3) is 0 Å². The molecule has 1 aliphatic heterocycles. The molecular weight excluding hydrogens is 350 g/mol. The zero-order valence-electron chi connectivity index (χ0n) is 10.8. The van der Waals surface area contributed by atoms with Crippen LogP contribution in [0.3, 0.4) is 0 Å². The third kappa shape index (κ3) is 2.54. The van der Waals surface area contributed by atoms with E-state index in [2.05, 4.69) is 24.7 Å². The van der Waals surface area contributed by atoms with Gasteiger partial charge in [-0.05, 0) is 26.0 Å². The van der Waals surface area contributed by atoms with Crippen LogP contribution in [-0.2, 0) is 21.4 Å². The van der Waals surface area contributed by atoms with Crippen molar-refractivity contribution in [2.45, 2.75) is 24.3 Å². The average molecular weight is 364 g/mol. The summed E-state index contributed by atoms with van der Waals surface area (Å²) in [5.74, 6) is 0. The van der Waals surface area contributed by atoms with E-state index in [1.165, 1.54) is 4.31 Å². The highest BCUT2D eigenvalue weighted by Gasteiger charge is 2.35. The predicted octanol–water partition coefficient (Wildman–Crippen LogP) is 3.21. The van der Waals surface area contributed by atoms with Gasteiger partial charge >= 0.3 is 0 Å². The molecule has 0 saturated heterocycles. The Morgan fingerprint density at radius 1 is 1.37 bits per heavy atom. The minimum Gasteiger partial charge on any atom is -0.207 e. The highest BCUT2D eigenvalue weighted by atomic mass is 79.9. The summed E-state index contributed by atoms with van der Waals surface area (Å²) < 4.78 is 34.9. The lowest BCUT2D eigenvalue weighted by atomic mass is 10.1. The van der Waals surface area contributed by atoms with Crippen molar-refractivity contribution >= 4 is 48.7 Å². The summed E-state index contributed by atoms with van der Waals surface area (Å²) in [5.41, 5.74) is 0.519. The second-order valence-electron chi connectivity index (χ2n) is 4.81. The van der Waals surface area contributed by atoms with E-state index in [4.69, 9.17) is 0 Å². The van der Waals surface area contributed by atoms with E-state index in [1.807, 2.05) is 13.8 Å². The van der Waals surface area contributed by atoms with E-state index >= 15 is 0 Å². The Balaban J connectivity index is 2.54. The molecule has 0 fully saturated rings. The second kappa shape index (κ2) is 5.08. The smallest absolute Gasteiger partial charge is 0.207 e. The lowest BCUT2D eigenvalue weighted by Gasteiger charge is -2.33. The van der Waals surface area contributed by atoms with Crippen molar-refractivity contribution in [1.82, 2.24) is 4.31 Å². The van der Waals surface area contributed by atoms with Crippen molar-refractivity contribution < 1.29 is 8.42 Å². The van der Waals surface area contributed by atoms with Crippen molar-refractivity contribution in [3.63, 3.8) is 0 Å². The predicted molar refractivity (Wildman–Crippen MR) is 80.8 cm³/mol. The van der Waals surface area contributed by atoms with Crippen LogP contribution in [0.15, 0.2) is 31.8 Å². The quantitative estimate of drug-likeness (QED) is 0.782. The third-order valence-corrected chi connectivity index (χ3v) is 7.08. The molecule has 104 valence electrons. The fourth-order valence-electron chi connectivity index (χ4n) is 1.55. The standard InChI is InChI=1S/C11H14BrN3O2S2/c1-11(2,7-12)15(3)19(16,17)9-6-4-5-8-10(9)14-18-13-8/h4-6H,7H2,1-3H3. The van der Waals surface area contributed by atoms with Gasteiger partial charge < -0.3 is 0 Å². The molecule has 1 heterocycles. The Hall–Kier alpha value is -0.570. The average Bonchev–Trinajstić information content (AvgIpc) is 2.85. The molecule has 0 unspecified atom stereocenters. The number of alkyl halides is 1. The van der Waals surface area contributed by atoms with Gasteiger partial charge in [0, 0.05) is 17.9 Å². The lowest BCUT2D eigenvalue weighted by molar-refractivity contribution is 0.299. The van der Waals surface area contributed by atoms with Gasteiger partial charge in [0.1, 0.15) is 16.3 Å². The van der Waals surface area contributed by atoms with Gasteiger partial charge in [-0.2, -0.15) is 13.0 Å². The van der Waals surface area contributed by atoms with Gasteiger partial charge in [-0.1, -0.05) is 22.0 Å². The van der Waals surface area contributed by atoms with Gasteiger partial charge in [-0.15, -0.1) is 0 Å². The maximum absolute atomic E-state index is 12.7. The molecule has 1 aromatic carbocycles. The maximum Gasteiger partial charge on any atom is 0.245 e. The molecule has 5 nitrogen and oxygen atoms in total. The zero-order valence-corrected chi connectivity index (χ0v) is 14.0. The molecule has 0 aromatic heterocycles. The van der Waals surface area contributed by atoms with E-state index in [-0.39, 0.29) is 4.90 Å². The molecule has 0 atom stereocenters. The Morgan fingerprint density at radius 2 is 2.05 bits per heavy atom. The summed E-state index contributed by atoms with van der Waals surface area (Å²) in [6.45, 7) is 3.72. The fraction of sp³-hybridized carbons (Fsp3) is 0.455. The normalized spacial score (nSPS) is 14.6. The van der Waals surface area contributed by atoms with Crippen molar-refractivity contribution in [3.8, 4) is 0 Å². The number of benzene rings is 1. The molecule has 1 aliphatic rings. The molecule has 0 radical (unpaired) electrons. The van der Waals surface area contributed by atoms with Crippen LogP contribution in [0.4, 0.5) is 11.4 Å². The Bertz CT molecular complexity index is 679. The molecular formula is C11H14BrN3O2S2. The number of rotatable bonds is 4. The third-order valence-electron chi connectivity index (χ3n) is 3.07. The fourth-order valence-corrected chi connectivity index (χ4v) is 4.35. The summed E-state index contributed by atoms with van der Waals surface area (Å²) in [4.78, 5) is 0.204. The van der Waals surface area contributed by atoms with E-state index in [0.29, 0.717) is 16.7 Å². The van der Waals surface area contributed by atoms with Crippen LogP contribution in [0.5, 0.6) is 0 Å². The van der Waals surface area contributed by atoms with Gasteiger partial charge in [-0.3, -0.25) is 0 Å². The zero-order chi connectivity index (χ0) is 14.3. The van der Waals surface area contributed by atoms with E-state index in [9.17, 15) is 8.42 Å². The number of hydrogen-bond donors (Lipinski definition) is 0. The number of nitrogens with zero attached hydrogens (tertiary/aromatic N) is 3. The van der Waals surface area contributed by atoms with Crippen molar-refractivity contribution in [2.24, 2.45) is 8.73 Å². The summed E-state index contributed by atoms with van der Waals surface area (Å²) in [7, 11) is -2.02. The van der Waals surface area contributed by atoms with Crippen LogP contribution in [0.1, 0.15) is 13.8 Å². The molecule has 19 heavy (non-hydrogen) atoms. The summed E-state index contributed by atoms with van der Waals surface area (Å²) in [5, 5.41) is 0.543. The van der Waals surface area contributed by atoms with Crippen molar-refractivity contribution in [2.75, 3.05) is 12.4 Å². The minimum absolute atomic E-state index is 0.204. The first-order valence-corrected chi connectivity index (χ1v) is 8.86. The molecule has 8 heteroatoms. The van der Waals surface area contributed by atoms with Crippen molar-refractivity contribution in [3.05, 3.63) is 18.2 Å². The van der Waals surface area contributed by atoms with Crippen LogP contribution in [0, 0.1) is 0 Å². The van der Waals surface area contributed by atoms with Gasteiger partial charge in [-0.25, -0.2) is 8.42 Å². The molecule has 0 aliphatic carbocycles. The topological polar surface area (TPSA) is 62.1 Å². The highest BCUT2D eigenvalue weighted by molar-refractivity contribution is 9.09. The lowest BCUT2D eigenvalue weighted by Crippen LogP contribution is -2.46. The SMILES string of the molecule is CN(C(C)(C)CBr)S(=O)(=O)c1cccc2c1N=S=N2. The monoisotopic (exact) mass is 363 g/mol. The van der Waals surface area contributed by atoms with Crippen LogP contribution < -0.4 is 0 Å². The van der Waals surface area contributed by atoms with Gasteiger partial charge in [0.15, 0.2) is 0 Å². The molecule has 2 rings (SSSR count). The molecule has 0 N–H and O–H groups in total. The van der Waals surface area contributed by atoms with Gasteiger partial charge in [0.25, 0.3) is 0 Å². The van der Waals surface area contributed by atoms with Gasteiger partial charge in [0.2, 0.25) is 10.0 Å². The minimum atomic E-state index is -3.60. The largest absolute Gasteiger partial charge is 0.245 e. The van der Waals surface area contributed by atoms with E-state index < -0.39 is 15.6 Å². The van der Waals surface area contributed by atoms with Crippen molar-refractivity contribution in [1.29, 1.82) is 0 Å². The number of sulfonamides is 1. The first kappa shape index (κ1) is 14.8. The Labute approximate surface area is 125 Å². The van der Waals surface area contributed by atoms with E-state index in [1.54, 1.807) is 25.2 Å². The summed E-state index contributed by atoms with van der Waals surface area (Å²) in [6.07, 6.45) is 0.